The van der Waals surface area contributed by atoms with Crippen molar-refractivity contribution in [3.63, 3.8) is 0 Å². The Labute approximate surface area is 174 Å². The van der Waals surface area contributed by atoms with E-state index in [0.29, 0.717) is 5.56 Å². The number of fused-ring (bicyclic) bond motifs is 1. The van der Waals surface area contributed by atoms with E-state index in [2.05, 4.69) is 25.8 Å². The first-order valence-corrected chi connectivity index (χ1v) is 9.18. The van der Waals surface area contributed by atoms with Gasteiger partial charge in [-0.25, -0.2) is 4.79 Å². The van der Waals surface area contributed by atoms with Gasteiger partial charge in [0.05, 0.1) is 24.3 Å². The van der Waals surface area contributed by atoms with E-state index in [0.717, 1.165) is 54.1 Å². The molecular weight excluding hydrogens is 443 g/mol. The second kappa shape index (κ2) is 10.5. The average molecular weight is 468 g/mol. The van der Waals surface area contributed by atoms with Gasteiger partial charge in [0.2, 0.25) is 0 Å². The van der Waals surface area contributed by atoms with Gasteiger partial charge in [-0.05, 0) is 54.2 Å². The Hall–Kier alpha value is -0.790. The molecule has 0 unspecified atom stereocenters. The number of carbonyl (C=O) groups is 1. The fourth-order valence-corrected chi connectivity index (χ4v) is 4.07. The third-order valence-corrected chi connectivity index (χ3v) is 5.36. The number of aryl methyl sites for hydroxylation is 1. The van der Waals surface area contributed by atoms with Crippen LogP contribution in [0.2, 0.25) is 0 Å². The van der Waals surface area contributed by atoms with Crippen molar-refractivity contribution < 1.29 is 14.6 Å². The number of aliphatic hydroxyl groups is 1. The topological polar surface area (TPSA) is 63.5 Å². The molecule has 0 saturated carbocycles. The van der Waals surface area contributed by atoms with Crippen molar-refractivity contribution in [1.82, 2.24) is 9.88 Å². The van der Waals surface area contributed by atoms with Crippen molar-refractivity contribution in [1.29, 1.82) is 0 Å². The third-order valence-electron chi connectivity index (χ3n) is 4.72. The summed E-state index contributed by atoms with van der Waals surface area (Å²) in [6.07, 6.45) is 5.38. The smallest absolute Gasteiger partial charge is 0.340 e. The summed E-state index contributed by atoms with van der Waals surface area (Å²) in [6.45, 7) is 1.77. The summed E-state index contributed by atoms with van der Waals surface area (Å²) < 4.78 is 7.96. The minimum absolute atomic E-state index is 0. The van der Waals surface area contributed by atoms with Gasteiger partial charge in [0.1, 0.15) is 0 Å². The Morgan fingerprint density at radius 3 is 2.88 bits per heavy atom. The van der Waals surface area contributed by atoms with Crippen LogP contribution in [0.3, 0.4) is 0 Å². The monoisotopic (exact) mass is 466 g/mol. The zero-order valence-electron chi connectivity index (χ0n) is 14.6. The van der Waals surface area contributed by atoms with Crippen molar-refractivity contribution in [2.45, 2.75) is 44.4 Å². The van der Waals surface area contributed by atoms with Gasteiger partial charge in [0.15, 0.2) is 0 Å². The second-order valence-electron chi connectivity index (χ2n) is 6.28. The van der Waals surface area contributed by atoms with Crippen LogP contribution in [0.25, 0.3) is 10.9 Å². The van der Waals surface area contributed by atoms with E-state index in [9.17, 15) is 9.90 Å². The van der Waals surface area contributed by atoms with E-state index in [-0.39, 0.29) is 42.9 Å². The van der Waals surface area contributed by atoms with Crippen LogP contribution in [0.15, 0.2) is 28.9 Å². The fourth-order valence-electron chi connectivity index (χ4n) is 3.48. The van der Waals surface area contributed by atoms with Crippen LogP contribution >= 0.6 is 40.7 Å². The molecular formula is C18H25BrCl2N2O3. The molecule has 0 spiro atoms. The predicted octanol–water partition coefficient (Wildman–Crippen LogP) is 3.93. The van der Waals surface area contributed by atoms with Gasteiger partial charge in [-0.1, -0.05) is 12.1 Å². The highest BCUT2D eigenvalue weighted by atomic mass is 79.9. The molecule has 2 heterocycles. The van der Waals surface area contributed by atoms with E-state index in [1.165, 1.54) is 7.11 Å². The Morgan fingerprint density at radius 1 is 1.42 bits per heavy atom. The number of para-hydroxylation sites is 1. The summed E-state index contributed by atoms with van der Waals surface area (Å²) in [5.74, 6) is -0.318. The Balaban J connectivity index is 0.00000169. The van der Waals surface area contributed by atoms with E-state index in [1.807, 2.05) is 24.4 Å². The minimum atomic E-state index is -0.318. The highest BCUT2D eigenvalue weighted by Gasteiger charge is 2.22. The quantitative estimate of drug-likeness (QED) is 0.654. The molecule has 26 heavy (non-hydrogen) atoms. The number of methoxy groups -OCH3 is 1. The molecule has 1 saturated heterocycles. The number of nitrogens with zero attached hydrogens (tertiary/aromatic N) is 1. The average Bonchev–Trinajstić information content (AvgIpc) is 2.96. The SMILES string of the molecule is COC(=O)c1cn(CCC[C@H]2NCCC[C@@H]2O)c2c(Br)cccc12.Cl.Cl. The fraction of sp³-hybridized carbons (Fsp3) is 0.500. The minimum Gasteiger partial charge on any atom is -0.465 e. The first-order valence-electron chi connectivity index (χ1n) is 8.39. The molecule has 0 radical (unpaired) electrons. The van der Waals surface area contributed by atoms with Gasteiger partial charge in [-0.3, -0.25) is 0 Å². The number of aromatic nitrogens is 1. The van der Waals surface area contributed by atoms with Crippen molar-refractivity contribution in [3.05, 3.63) is 34.4 Å². The number of hydrogen-bond acceptors (Lipinski definition) is 4. The summed E-state index contributed by atoms with van der Waals surface area (Å²) in [5, 5.41) is 14.3. The number of aliphatic hydroxyl groups excluding tert-OH is 1. The zero-order chi connectivity index (χ0) is 17.1. The number of benzene rings is 1. The van der Waals surface area contributed by atoms with E-state index >= 15 is 0 Å². The summed E-state index contributed by atoms with van der Waals surface area (Å²) in [6, 6.07) is 6.01. The van der Waals surface area contributed by atoms with Crippen LogP contribution in [0, 0.1) is 0 Å². The number of esters is 1. The molecule has 0 amide bonds. The Morgan fingerprint density at radius 2 is 2.19 bits per heavy atom. The standard InChI is InChI=1S/C18H23BrN2O3.2ClH/c1-24-18(23)13-11-21(17-12(13)5-2-6-14(17)19)10-4-7-15-16(22)8-3-9-20-15;;/h2,5-6,11,15-16,20,22H,3-4,7-10H2,1H3;2*1H/t15-,16+;;/m1../s1. The van der Waals surface area contributed by atoms with Crippen molar-refractivity contribution in [3.8, 4) is 0 Å². The molecule has 8 heteroatoms. The number of piperidine rings is 1. The number of halogens is 3. The van der Waals surface area contributed by atoms with Crippen LogP contribution in [0.5, 0.6) is 0 Å². The zero-order valence-corrected chi connectivity index (χ0v) is 17.8. The van der Waals surface area contributed by atoms with Gasteiger partial charge < -0.3 is 19.7 Å². The van der Waals surface area contributed by atoms with Crippen LogP contribution in [-0.2, 0) is 11.3 Å². The Kier molecular flexibility index (Phi) is 9.41. The maximum atomic E-state index is 12.0. The predicted molar refractivity (Wildman–Crippen MR) is 112 cm³/mol. The number of hydrogen-bond donors (Lipinski definition) is 2. The number of rotatable bonds is 5. The summed E-state index contributed by atoms with van der Waals surface area (Å²) in [4.78, 5) is 12.0. The van der Waals surface area contributed by atoms with Gasteiger partial charge in [0, 0.05) is 28.6 Å². The first-order chi connectivity index (χ1) is 11.6. The molecule has 0 aliphatic carbocycles. The number of carbonyl (C=O) groups excluding carboxylic acids is 1. The molecule has 2 N–H and O–H groups in total. The molecule has 5 nitrogen and oxygen atoms in total. The van der Waals surface area contributed by atoms with Gasteiger partial charge in [0.25, 0.3) is 0 Å². The lowest BCUT2D eigenvalue weighted by Gasteiger charge is -2.29. The summed E-state index contributed by atoms with van der Waals surface area (Å²) in [5.41, 5.74) is 1.60. The number of ether oxygens (including phenoxy) is 1. The normalized spacial score (nSPS) is 19.5. The van der Waals surface area contributed by atoms with Crippen LogP contribution in [0.1, 0.15) is 36.0 Å². The van der Waals surface area contributed by atoms with E-state index < -0.39 is 0 Å². The van der Waals surface area contributed by atoms with Gasteiger partial charge in [-0.15, -0.1) is 24.8 Å². The van der Waals surface area contributed by atoms with E-state index in [1.54, 1.807) is 0 Å². The molecule has 1 aromatic heterocycles. The van der Waals surface area contributed by atoms with E-state index in [4.69, 9.17) is 4.74 Å². The van der Waals surface area contributed by atoms with Gasteiger partial charge >= 0.3 is 5.97 Å². The maximum absolute atomic E-state index is 12.0. The van der Waals surface area contributed by atoms with Crippen LogP contribution in [-0.4, -0.2) is 41.4 Å². The molecule has 2 atom stereocenters. The summed E-state index contributed by atoms with van der Waals surface area (Å²) >= 11 is 3.58. The molecule has 1 aliphatic heterocycles. The lowest BCUT2D eigenvalue weighted by atomic mass is 9.97. The second-order valence-corrected chi connectivity index (χ2v) is 7.13. The highest BCUT2D eigenvalue weighted by Crippen LogP contribution is 2.29. The van der Waals surface area contributed by atoms with Crippen molar-refractivity contribution in [2.75, 3.05) is 13.7 Å². The molecule has 1 aliphatic rings. The van der Waals surface area contributed by atoms with Crippen molar-refractivity contribution >= 4 is 57.6 Å². The van der Waals surface area contributed by atoms with Crippen LogP contribution < -0.4 is 5.32 Å². The number of nitrogens with one attached hydrogen (secondary N) is 1. The molecule has 0 bridgehead atoms. The highest BCUT2D eigenvalue weighted by molar-refractivity contribution is 9.10. The molecule has 146 valence electrons. The Bertz CT molecular complexity index is 739. The third kappa shape index (κ3) is 4.93. The maximum Gasteiger partial charge on any atom is 0.340 e. The lowest BCUT2D eigenvalue weighted by Crippen LogP contribution is -2.44. The molecule has 1 aromatic carbocycles. The van der Waals surface area contributed by atoms with Crippen molar-refractivity contribution in [2.24, 2.45) is 0 Å². The van der Waals surface area contributed by atoms with Crippen LogP contribution in [0.4, 0.5) is 0 Å². The molecule has 3 rings (SSSR count). The molecule has 1 fully saturated rings. The first kappa shape index (κ1) is 23.2. The van der Waals surface area contributed by atoms with Gasteiger partial charge in [-0.2, -0.15) is 0 Å². The lowest BCUT2D eigenvalue weighted by molar-refractivity contribution is 0.0602. The summed E-state index contributed by atoms with van der Waals surface area (Å²) in [7, 11) is 1.40. The largest absolute Gasteiger partial charge is 0.465 e. The molecule has 2 aromatic rings.